The van der Waals surface area contributed by atoms with Crippen LogP contribution in [0.4, 0.5) is 0 Å². The van der Waals surface area contributed by atoms with Crippen LogP contribution in [0.1, 0.15) is 50.3 Å². The van der Waals surface area contributed by atoms with Crippen LogP contribution in [0, 0.1) is 11.3 Å². The standard InChI is InChI=1S/C19H30N4O.HI/c1-20-18(22-14-19(8-9-19)15-6-7-15)21-13-16(17-5-4-12-24-17)23-10-2-3-11-23;/h4-5,12,15-16H,2-3,6-11,13-14H2,1H3,(H2,20,21,22);1H. The number of aliphatic imine (C=N–C) groups is 1. The molecule has 0 spiro atoms. The first-order valence-corrected chi connectivity index (χ1v) is 9.53. The van der Waals surface area contributed by atoms with Crippen LogP contribution in [0.2, 0.25) is 0 Å². The van der Waals surface area contributed by atoms with E-state index >= 15 is 0 Å². The van der Waals surface area contributed by atoms with Crippen molar-refractivity contribution in [2.75, 3.05) is 33.2 Å². The van der Waals surface area contributed by atoms with Gasteiger partial charge in [0.15, 0.2) is 5.96 Å². The number of likely N-dealkylation sites (tertiary alicyclic amines) is 1. The minimum atomic E-state index is 0. The molecule has 0 radical (unpaired) electrons. The van der Waals surface area contributed by atoms with Gasteiger partial charge in [-0.1, -0.05) is 0 Å². The van der Waals surface area contributed by atoms with Gasteiger partial charge in [-0.15, -0.1) is 24.0 Å². The second-order valence-electron chi connectivity index (χ2n) is 7.72. The minimum Gasteiger partial charge on any atom is -0.468 e. The number of halogens is 1. The van der Waals surface area contributed by atoms with Crippen molar-refractivity contribution < 1.29 is 4.42 Å². The zero-order valence-electron chi connectivity index (χ0n) is 15.2. The summed E-state index contributed by atoms with van der Waals surface area (Å²) in [6.45, 7) is 4.23. The molecule has 2 aliphatic carbocycles. The average molecular weight is 458 g/mol. The van der Waals surface area contributed by atoms with Crippen molar-refractivity contribution in [3.63, 3.8) is 0 Å². The van der Waals surface area contributed by atoms with Gasteiger partial charge in [0.1, 0.15) is 5.76 Å². The van der Waals surface area contributed by atoms with Gasteiger partial charge in [0.25, 0.3) is 0 Å². The van der Waals surface area contributed by atoms with E-state index in [1.54, 1.807) is 6.26 Å². The molecule has 2 N–H and O–H groups in total. The molecule has 1 atom stereocenters. The molecule has 3 aliphatic rings. The van der Waals surface area contributed by atoms with E-state index in [-0.39, 0.29) is 24.0 Å². The molecule has 1 aromatic heterocycles. The monoisotopic (exact) mass is 458 g/mol. The number of nitrogens with one attached hydrogen (secondary N) is 2. The van der Waals surface area contributed by atoms with Crippen LogP contribution < -0.4 is 10.6 Å². The fourth-order valence-electron chi connectivity index (χ4n) is 4.20. The summed E-state index contributed by atoms with van der Waals surface area (Å²) in [5.74, 6) is 2.96. The van der Waals surface area contributed by atoms with Gasteiger partial charge in [-0.2, -0.15) is 0 Å². The van der Waals surface area contributed by atoms with Gasteiger partial charge in [0, 0.05) is 20.1 Å². The lowest BCUT2D eigenvalue weighted by Crippen LogP contribution is -2.44. The molecular weight excluding hydrogens is 427 g/mol. The van der Waals surface area contributed by atoms with Crippen molar-refractivity contribution in [2.45, 2.75) is 44.6 Å². The van der Waals surface area contributed by atoms with E-state index in [0.717, 1.165) is 43.8 Å². The Morgan fingerprint density at radius 2 is 2.08 bits per heavy atom. The van der Waals surface area contributed by atoms with Gasteiger partial charge in [0.05, 0.1) is 12.3 Å². The van der Waals surface area contributed by atoms with E-state index in [2.05, 4.69) is 26.6 Å². The van der Waals surface area contributed by atoms with Crippen LogP contribution in [-0.4, -0.2) is 44.1 Å². The highest BCUT2D eigenvalue weighted by atomic mass is 127. The molecule has 0 amide bonds. The van der Waals surface area contributed by atoms with Gasteiger partial charge < -0.3 is 15.1 Å². The first kappa shape index (κ1) is 19.0. The second kappa shape index (κ2) is 8.29. The van der Waals surface area contributed by atoms with Crippen LogP contribution in [0.3, 0.4) is 0 Å². The Hall–Kier alpha value is -0.760. The van der Waals surface area contributed by atoms with Crippen LogP contribution in [-0.2, 0) is 0 Å². The van der Waals surface area contributed by atoms with Crippen LogP contribution in [0.5, 0.6) is 0 Å². The maximum absolute atomic E-state index is 5.70. The third-order valence-corrected chi connectivity index (χ3v) is 6.08. The fourth-order valence-corrected chi connectivity index (χ4v) is 4.20. The summed E-state index contributed by atoms with van der Waals surface area (Å²) in [4.78, 5) is 6.94. The maximum Gasteiger partial charge on any atom is 0.191 e. The summed E-state index contributed by atoms with van der Waals surface area (Å²) < 4.78 is 5.70. The van der Waals surface area contributed by atoms with Gasteiger partial charge in [-0.05, 0) is 75.1 Å². The summed E-state index contributed by atoms with van der Waals surface area (Å²) in [5, 5.41) is 7.11. The number of rotatable bonds is 7. The highest BCUT2D eigenvalue weighted by Gasteiger charge is 2.53. The third-order valence-electron chi connectivity index (χ3n) is 6.08. The van der Waals surface area contributed by atoms with Gasteiger partial charge >= 0.3 is 0 Å². The number of nitrogens with zero attached hydrogens (tertiary/aromatic N) is 2. The summed E-state index contributed by atoms with van der Waals surface area (Å²) >= 11 is 0. The first-order chi connectivity index (χ1) is 11.8. The molecule has 0 aromatic carbocycles. The Bertz CT molecular complexity index is 560. The summed E-state index contributed by atoms with van der Waals surface area (Å²) in [5.41, 5.74) is 0.590. The van der Waals surface area contributed by atoms with Gasteiger partial charge in [-0.3, -0.25) is 9.89 Å². The zero-order chi connectivity index (χ0) is 16.4. The normalized spacial score (nSPS) is 23.8. The third kappa shape index (κ3) is 4.51. The highest BCUT2D eigenvalue weighted by Crippen LogP contribution is 2.60. The smallest absolute Gasteiger partial charge is 0.191 e. The minimum absolute atomic E-state index is 0. The van der Waals surface area contributed by atoms with Gasteiger partial charge in [-0.25, -0.2) is 0 Å². The van der Waals surface area contributed by atoms with E-state index in [4.69, 9.17) is 4.42 Å². The Kier molecular flexibility index (Phi) is 6.30. The van der Waals surface area contributed by atoms with E-state index in [1.807, 2.05) is 13.1 Å². The predicted molar refractivity (Wildman–Crippen MR) is 111 cm³/mol. The van der Waals surface area contributed by atoms with Crippen molar-refractivity contribution in [2.24, 2.45) is 16.3 Å². The lowest BCUT2D eigenvalue weighted by Gasteiger charge is -2.27. The van der Waals surface area contributed by atoms with Crippen LogP contribution in [0.25, 0.3) is 0 Å². The maximum atomic E-state index is 5.70. The molecule has 5 nitrogen and oxygen atoms in total. The Balaban J connectivity index is 0.00000182. The largest absolute Gasteiger partial charge is 0.468 e. The molecule has 2 heterocycles. The fraction of sp³-hybridized carbons (Fsp3) is 0.737. The van der Waals surface area contributed by atoms with E-state index < -0.39 is 0 Å². The quantitative estimate of drug-likeness (QED) is 0.374. The number of hydrogen-bond acceptors (Lipinski definition) is 3. The van der Waals surface area contributed by atoms with Crippen molar-refractivity contribution in [3.8, 4) is 0 Å². The average Bonchev–Trinajstić information content (AvgIpc) is 3.48. The summed E-state index contributed by atoms with van der Waals surface area (Å²) in [6, 6.07) is 4.37. The molecule has 1 aromatic rings. The first-order valence-electron chi connectivity index (χ1n) is 9.53. The molecule has 1 unspecified atom stereocenters. The van der Waals surface area contributed by atoms with Crippen molar-refractivity contribution in [3.05, 3.63) is 24.2 Å². The zero-order valence-corrected chi connectivity index (χ0v) is 17.5. The van der Waals surface area contributed by atoms with Crippen molar-refractivity contribution in [1.29, 1.82) is 0 Å². The van der Waals surface area contributed by atoms with Crippen LogP contribution in [0.15, 0.2) is 27.8 Å². The Morgan fingerprint density at radius 3 is 2.64 bits per heavy atom. The number of hydrogen-bond donors (Lipinski definition) is 2. The van der Waals surface area contributed by atoms with Crippen molar-refractivity contribution >= 4 is 29.9 Å². The van der Waals surface area contributed by atoms with Crippen LogP contribution >= 0.6 is 24.0 Å². The number of furan rings is 1. The molecule has 0 bridgehead atoms. The SMILES string of the molecule is CN=C(NCC(c1ccco1)N1CCCC1)NCC1(C2CC2)CC1.I. The Morgan fingerprint density at radius 1 is 1.32 bits per heavy atom. The number of guanidine groups is 1. The predicted octanol–water partition coefficient (Wildman–Crippen LogP) is 3.39. The summed E-state index contributed by atoms with van der Waals surface area (Å²) in [7, 11) is 1.86. The molecule has 2 saturated carbocycles. The molecular formula is C19H31IN4O. The molecule has 3 fully saturated rings. The van der Waals surface area contributed by atoms with E-state index in [1.165, 1.54) is 38.5 Å². The lowest BCUT2D eigenvalue weighted by atomic mass is 10.0. The molecule has 1 aliphatic heterocycles. The van der Waals surface area contributed by atoms with Gasteiger partial charge in [0.2, 0.25) is 0 Å². The summed E-state index contributed by atoms with van der Waals surface area (Å²) in [6.07, 6.45) is 10.0. The molecule has 4 rings (SSSR count). The van der Waals surface area contributed by atoms with E-state index in [0.29, 0.717) is 11.5 Å². The molecule has 1 saturated heterocycles. The topological polar surface area (TPSA) is 52.8 Å². The molecule has 6 heteroatoms. The Labute approximate surface area is 168 Å². The second-order valence-corrected chi connectivity index (χ2v) is 7.72. The van der Waals surface area contributed by atoms with Crippen molar-refractivity contribution in [1.82, 2.24) is 15.5 Å². The molecule has 140 valence electrons. The molecule has 25 heavy (non-hydrogen) atoms. The highest BCUT2D eigenvalue weighted by molar-refractivity contribution is 14.0. The van der Waals surface area contributed by atoms with E-state index in [9.17, 15) is 0 Å². The lowest BCUT2D eigenvalue weighted by molar-refractivity contribution is 0.215.